The maximum absolute atomic E-state index is 12.5. The third kappa shape index (κ3) is 5.47. The maximum Gasteiger partial charge on any atom is 0.410 e. The van der Waals surface area contributed by atoms with Crippen LogP contribution in [0.2, 0.25) is 0 Å². The van der Waals surface area contributed by atoms with E-state index in [2.05, 4.69) is 0 Å². The molecule has 2 rings (SSSR count). The molecule has 2 atom stereocenters. The summed E-state index contributed by atoms with van der Waals surface area (Å²) in [5, 5.41) is 0. The minimum atomic E-state index is -0.619. The summed E-state index contributed by atoms with van der Waals surface area (Å²) in [6.45, 7) is 11.3. The van der Waals surface area contributed by atoms with Crippen molar-refractivity contribution < 1.29 is 28.6 Å². The van der Waals surface area contributed by atoms with Crippen molar-refractivity contribution in [1.82, 2.24) is 4.90 Å². The van der Waals surface area contributed by atoms with Crippen LogP contribution >= 0.6 is 0 Å². The van der Waals surface area contributed by atoms with E-state index >= 15 is 0 Å². The van der Waals surface area contributed by atoms with Crippen LogP contribution in [0.5, 0.6) is 0 Å². The Morgan fingerprint density at radius 3 is 2.43 bits per heavy atom. The number of carbonyl (C=O) groups is 3. The molecule has 1 fully saturated rings. The fourth-order valence-corrected chi connectivity index (χ4v) is 3.26. The van der Waals surface area contributed by atoms with E-state index in [9.17, 15) is 14.4 Å². The lowest BCUT2D eigenvalue weighted by molar-refractivity contribution is -0.146. The SMILES string of the molecule is CCOC(=O)c1ccc(C)c([C@@H]2CN(C(=O)OC(C)(C)C)C[C@H]2OC(C)=O)c1. The largest absolute Gasteiger partial charge is 0.462 e. The Kier molecular flexibility index (Phi) is 6.69. The normalized spacial score (nSPS) is 19.3. The van der Waals surface area contributed by atoms with Crippen molar-refractivity contribution in [1.29, 1.82) is 0 Å². The van der Waals surface area contributed by atoms with Crippen LogP contribution in [0, 0.1) is 6.92 Å². The highest BCUT2D eigenvalue weighted by Crippen LogP contribution is 2.33. The molecule has 1 saturated heterocycles. The van der Waals surface area contributed by atoms with E-state index in [-0.39, 0.29) is 19.1 Å². The molecule has 1 aromatic rings. The van der Waals surface area contributed by atoms with Gasteiger partial charge in [-0.1, -0.05) is 6.07 Å². The molecule has 1 aliphatic rings. The van der Waals surface area contributed by atoms with E-state index in [4.69, 9.17) is 14.2 Å². The Hall–Kier alpha value is -2.57. The van der Waals surface area contributed by atoms with Gasteiger partial charge in [-0.05, 0) is 57.9 Å². The summed E-state index contributed by atoms with van der Waals surface area (Å²) >= 11 is 0. The third-order valence-corrected chi connectivity index (χ3v) is 4.43. The number of likely N-dealkylation sites (tertiary alicyclic amines) is 1. The molecule has 0 radical (unpaired) electrons. The van der Waals surface area contributed by atoms with Gasteiger partial charge in [0, 0.05) is 19.4 Å². The smallest absolute Gasteiger partial charge is 0.410 e. The van der Waals surface area contributed by atoms with Gasteiger partial charge < -0.3 is 19.1 Å². The minimum Gasteiger partial charge on any atom is -0.462 e. The van der Waals surface area contributed by atoms with Crippen LogP contribution in [0.1, 0.15) is 62.0 Å². The van der Waals surface area contributed by atoms with Gasteiger partial charge in [0.2, 0.25) is 0 Å². The molecule has 1 aromatic carbocycles. The predicted octanol–water partition coefficient (Wildman–Crippen LogP) is 3.44. The first-order valence-electron chi connectivity index (χ1n) is 9.44. The zero-order chi connectivity index (χ0) is 21.1. The van der Waals surface area contributed by atoms with Crippen LogP contribution in [0.15, 0.2) is 18.2 Å². The molecule has 1 amide bonds. The van der Waals surface area contributed by atoms with Crippen LogP contribution in [-0.4, -0.2) is 54.3 Å². The third-order valence-electron chi connectivity index (χ3n) is 4.43. The van der Waals surface area contributed by atoms with Crippen LogP contribution in [0.3, 0.4) is 0 Å². The molecule has 0 aliphatic carbocycles. The van der Waals surface area contributed by atoms with Crippen molar-refractivity contribution >= 4 is 18.0 Å². The zero-order valence-corrected chi connectivity index (χ0v) is 17.4. The van der Waals surface area contributed by atoms with E-state index in [0.29, 0.717) is 12.1 Å². The lowest BCUT2D eigenvalue weighted by atomic mass is 9.90. The van der Waals surface area contributed by atoms with Crippen LogP contribution < -0.4 is 0 Å². The number of amides is 1. The molecule has 7 nitrogen and oxygen atoms in total. The molecule has 28 heavy (non-hydrogen) atoms. The highest BCUT2D eigenvalue weighted by atomic mass is 16.6. The van der Waals surface area contributed by atoms with Crippen LogP contribution in [-0.2, 0) is 19.0 Å². The number of hydrogen-bond acceptors (Lipinski definition) is 6. The molecule has 1 heterocycles. The molecule has 0 unspecified atom stereocenters. The number of esters is 2. The summed E-state index contributed by atoms with van der Waals surface area (Å²) in [5.41, 5.74) is 1.61. The van der Waals surface area contributed by atoms with Gasteiger partial charge in [0.15, 0.2) is 0 Å². The van der Waals surface area contributed by atoms with Crippen molar-refractivity contribution in [3.8, 4) is 0 Å². The number of hydrogen-bond donors (Lipinski definition) is 0. The molecule has 1 aliphatic heterocycles. The second-order valence-electron chi connectivity index (χ2n) is 7.93. The van der Waals surface area contributed by atoms with Gasteiger partial charge in [0.05, 0.1) is 18.7 Å². The Bertz CT molecular complexity index is 752. The first kappa shape index (κ1) is 21.7. The standard InChI is InChI=1S/C21H29NO6/c1-7-26-19(24)15-9-8-13(2)16(10-15)17-11-22(12-18(17)27-14(3)23)20(25)28-21(4,5)6/h8-10,17-18H,7,11-12H2,1-6H3/t17-,18+/m0/s1. The Balaban J connectivity index is 2.32. The molecule has 0 spiro atoms. The molecule has 7 heteroatoms. The maximum atomic E-state index is 12.5. The van der Waals surface area contributed by atoms with Gasteiger partial charge in [-0.3, -0.25) is 4.79 Å². The number of benzene rings is 1. The number of carbonyl (C=O) groups excluding carboxylic acids is 3. The average Bonchev–Trinajstić information content (AvgIpc) is 2.97. The summed E-state index contributed by atoms with van der Waals surface area (Å²) < 4.78 is 16.0. The quantitative estimate of drug-likeness (QED) is 0.578. The van der Waals surface area contributed by atoms with E-state index in [0.717, 1.165) is 11.1 Å². The fraction of sp³-hybridized carbons (Fsp3) is 0.571. The lowest BCUT2D eigenvalue weighted by Gasteiger charge is -2.24. The summed E-state index contributed by atoms with van der Waals surface area (Å²) in [7, 11) is 0. The summed E-state index contributed by atoms with van der Waals surface area (Å²) in [4.78, 5) is 37.8. The van der Waals surface area contributed by atoms with Crippen molar-refractivity contribution in [2.45, 2.75) is 59.2 Å². The van der Waals surface area contributed by atoms with Crippen molar-refractivity contribution in [3.05, 3.63) is 34.9 Å². The van der Waals surface area contributed by atoms with Crippen molar-refractivity contribution in [2.75, 3.05) is 19.7 Å². The molecule has 0 saturated carbocycles. The summed E-state index contributed by atoms with van der Waals surface area (Å²) in [5.74, 6) is -1.08. The summed E-state index contributed by atoms with van der Waals surface area (Å²) in [6, 6.07) is 5.30. The number of ether oxygens (including phenoxy) is 3. The number of nitrogens with zero attached hydrogens (tertiary/aromatic N) is 1. The lowest BCUT2D eigenvalue weighted by Crippen LogP contribution is -2.36. The number of aryl methyl sites for hydroxylation is 1. The topological polar surface area (TPSA) is 82.1 Å². The van der Waals surface area contributed by atoms with E-state index < -0.39 is 29.7 Å². The first-order valence-corrected chi connectivity index (χ1v) is 9.44. The van der Waals surface area contributed by atoms with E-state index in [1.165, 1.54) is 6.92 Å². The Labute approximate surface area is 165 Å². The second-order valence-corrected chi connectivity index (χ2v) is 7.93. The van der Waals surface area contributed by atoms with Gasteiger partial charge >= 0.3 is 18.0 Å². The highest BCUT2D eigenvalue weighted by Gasteiger charge is 2.40. The molecular weight excluding hydrogens is 362 g/mol. The highest BCUT2D eigenvalue weighted by molar-refractivity contribution is 5.89. The number of rotatable bonds is 4. The Morgan fingerprint density at radius 2 is 1.86 bits per heavy atom. The van der Waals surface area contributed by atoms with Gasteiger partial charge in [0.1, 0.15) is 11.7 Å². The summed E-state index contributed by atoms with van der Waals surface area (Å²) in [6.07, 6.45) is -0.965. The molecule has 0 bridgehead atoms. The first-order chi connectivity index (χ1) is 13.0. The van der Waals surface area contributed by atoms with Crippen LogP contribution in [0.25, 0.3) is 0 Å². The fourth-order valence-electron chi connectivity index (χ4n) is 3.26. The van der Waals surface area contributed by atoms with Crippen LogP contribution in [0.4, 0.5) is 4.79 Å². The predicted molar refractivity (Wildman–Crippen MR) is 103 cm³/mol. The van der Waals surface area contributed by atoms with E-state index in [1.54, 1.807) is 44.7 Å². The van der Waals surface area contributed by atoms with Gasteiger partial charge in [-0.25, -0.2) is 9.59 Å². The van der Waals surface area contributed by atoms with E-state index in [1.807, 2.05) is 13.0 Å². The molecule has 154 valence electrons. The second kappa shape index (κ2) is 8.63. The van der Waals surface area contributed by atoms with Gasteiger partial charge in [-0.15, -0.1) is 0 Å². The zero-order valence-electron chi connectivity index (χ0n) is 17.4. The molecule has 0 N–H and O–H groups in total. The molecular formula is C21H29NO6. The minimum absolute atomic E-state index is 0.238. The van der Waals surface area contributed by atoms with Gasteiger partial charge in [0.25, 0.3) is 0 Å². The molecule has 0 aromatic heterocycles. The van der Waals surface area contributed by atoms with Crippen molar-refractivity contribution in [2.24, 2.45) is 0 Å². The van der Waals surface area contributed by atoms with Crippen molar-refractivity contribution in [3.63, 3.8) is 0 Å². The van der Waals surface area contributed by atoms with Gasteiger partial charge in [-0.2, -0.15) is 0 Å². The average molecular weight is 391 g/mol. The Morgan fingerprint density at radius 1 is 1.18 bits per heavy atom. The monoisotopic (exact) mass is 391 g/mol.